The first-order valence-electron chi connectivity index (χ1n) is 5.03. The molecule has 0 spiro atoms. The molecule has 0 fully saturated rings. The van der Waals surface area contributed by atoms with E-state index in [0.29, 0.717) is 6.61 Å². The van der Waals surface area contributed by atoms with Crippen LogP contribution in [0, 0.1) is 0 Å². The van der Waals surface area contributed by atoms with Crippen LogP contribution in [0.5, 0.6) is 0 Å². The van der Waals surface area contributed by atoms with Crippen molar-refractivity contribution in [1.82, 2.24) is 10.3 Å². The fourth-order valence-corrected chi connectivity index (χ4v) is 2.01. The molecule has 0 aromatic carbocycles. The highest BCUT2D eigenvalue weighted by Gasteiger charge is 2.13. The van der Waals surface area contributed by atoms with E-state index in [9.17, 15) is 0 Å². The maximum Gasteiger partial charge on any atom is 0.123 e. The van der Waals surface area contributed by atoms with E-state index in [1.54, 1.807) is 24.7 Å². The molecule has 0 radical (unpaired) electrons. The first-order chi connectivity index (χ1) is 7.90. The molecule has 2 aromatic rings. The summed E-state index contributed by atoms with van der Waals surface area (Å²) in [6, 6.07) is 3.89. The number of hydrogen-bond donors (Lipinski definition) is 1. The lowest BCUT2D eigenvalue weighted by Crippen LogP contribution is -2.24. The summed E-state index contributed by atoms with van der Waals surface area (Å²) in [5, 5.41) is 5.38. The zero-order valence-corrected chi connectivity index (χ0v) is 9.87. The van der Waals surface area contributed by atoms with E-state index < -0.39 is 0 Å². The number of hydrogen-bond acceptors (Lipinski definition) is 5. The number of thiazole rings is 1. The van der Waals surface area contributed by atoms with Gasteiger partial charge in [-0.3, -0.25) is 5.32 Å². The van der Waals surface area contributed by atoms with Gasteiger partial charge in [0.2, 0.25) is 0 Å². The molecule has 0 amide bonds. The molecule has 2 rings (SSSR count). The maximum absolute atomic E-state index is 5.36. The number of nitrogens with zero attached hydrogens (tertiary/aromatic N) is 1. The van der Waals surface area contributed by atoms with Crippen LogP contribution in [0.15, 0.2) is 33.7 Å². The topological polar surface area (TPSA) is 47.3 Å². The van der Waals surface area contributed by atoms with Crippen LogP contribution >= 0.6 is 11.3 Å². The molecule has 0 aliphatic rings. The number of ether oxygens (including phenoxy) is 1. The standard InChI is InChI=1S/C11H14N2O2S/c1-14-6-10(11-3-2-4-15-11)12-5-9-7-16-8-13-9/h2-4,7-8,10,12H,5-6H2,1H3. The Morgan fingerprint density at radius 2 is 2.56 bits per heavy atom. The molecule has 4 nitrogen and oxygen atoms in total. The zero-order valence-electron chi connectivity index (χ0n) is 9.05. The lowest BCUT2D eigenvalue weighted by Gasteiger charge is -2.14. The Labute approximate surface area is 98.3 Å². The summed E-state index contributed by atoms with van der Waals surface area (Å²) in [7, 11) is 1.68. The second kappa shape index (κ2) is 5.79. The Kier molecular flexibility index (Phi) is 4.10. The molecular weight excluding hydrogens is 224 g/mol. The lowest BCUT2D eigenvalue weighted by molar-refractivity contribution is 0.156. The molecular formula is C11H14N2O2S. The van der Waals surface area contributed by atoms with Crippen LogP contribution < -0.4 is 5.32 Å². The van der Waals surface area contributed by atoms with Crippen molar-refractivity contribution in [2.24, 2.45) is 0 Å². The van der Waals surface area contributed by atoms with Crippen molar-refractivity contribution in [1.29, 1.82) is 0 Å². The molecule has 2 heterocycles. The summed E-state index contributed by atoms with van der Waals surface area (Å²) >= 11 is 1.60. The second-order valence-corrected chi connectivity index (χ2v) is 4.10. The largest absolute Gasteiger partial charge is 0.468 e. The number of methoxy groups -OCH3 is 1. The van der Waals surface area contributed by atoms with Crippen LogP contribution in [0.25, 0.3) is 0 Å². The Hall–Kier alpha value is -1.17. The highest BCUT2D eigenvalue weighted by Crippen LogP contribution is 2.14. The van der Waals surface area contributed by atoms with E-state index >= 15 is 0 Å². The molecule has 0 saturated carbocycles. The quantitative estimate of drug-likeness (QED) is 0.838. The summed E-state index contributed by atoms with van der Waals surface area (Å²) < 4.78 is 10.5. The molecule has 0 aliphatic carbocycles. The molecule has 86 valence electrons. The molecule has 16 heavy (non-hydrogen) atoms. The number of nitrogens with one attached hydrogen (secondary N) is 1. The predicted molar refractivity (Wildman–Crippen MR) is 62.3 cm³/mol. The summed E-state index contributed by atoms with van der Waals surface area (Å²) in [5.41, 5.74) is 2.87. The van der Waals surface area contributed by atoms with Gasteiger partial charge < -0.3 is 9.15 Å². The van der Waals surface area contributed by atoms with Crippen LogP contribution in [-0.2, 0) is 11.3 Å². The summed E-state index contributed by atoms with van der Waals surface area (Å²) in [6.07, 6.45) is 1.67. The third kappa shape index (κ3) is 2.91. The smallest absolute Gasteiger partial charge is 0.123 e. The van der Waals surface area contributed by atoms with Crippen LogP contribution in [0.3, 0.4) is 0 Å². The van der Waals surface area contributed by atoms with Crippen molar-refractivity contribution in [2.45, 2.75) is 12.6 Å². The Bertz CT molecular complexity index is 386. The van der Waals surface area contributed by atoms with Crippen molar-refractivity contribution in [3.63, 3.8) is 0 Å². The maximum atomic E-state index is 5.36. The highest BCUT2D eigenvalue weighted by atomic mass is 32.1. The minimum atomic E-state index is 0.0710. The minimum Gasteiger partial charge on any atom is -0.468 e. The fraction of sp³-hybridized carbons (Fsp3) is 0.364. The van der Waals surface area contributed by atoms with Gasteiger partial charge in [0.15, 0.2) is 0 Å². The third-order valence-electron chi connectivity index (χ3n) is 2.23. The van der Waals surface area contributed by atoms with E-state index in [2.05, 4.69) is 10.3 Å². The summed E-state index contributed by atoms with van der Waals surface area (Å²) in [5.74, 6) is 0.886. The van der Waals surface area contributed by atoms with Crippen molar-refractivity contribution in [3.8, 4) is 0 Å². The number of aromatic nitrogens is 1. The fourth-order valence-electron chi connectivity index (χ4n) is 1.45. The molecule has 1 N–H and O–H groups in total. The normalized spacial score (nSPS) is 12.8. The molecule has 0 aliphatic heterocycles. The van der Waals surface area contributed by atoms with Gasteiger partial charge >= 0.3 is 0 Å². The average Bonchev–Trinajstić information content (AvgIpc) is 2.96. The Morgan fingerprint density at radius 1 is 1.62 bits per heavy atom. The van der Waals surface area contributed by atoms with Gasteiger partial charge in [0, 0.05) is 19.0 Å². The lowest BCUT2D eigenvalue weighted by atomic mass is 10.2. The van der Waals surface area contributed by atoms with Gasteiger partial charge in [-0.15, -0.1) is 11.3 Å². The van der Waals surface area contributed by atoms with Crippen LogP contribution in [-0.4, -0.2) is 18.7 Å². The average molecular weight is 238 g/mol. The van der Waals surface area contributed by atoms with E-state index in [1.165, 1.54) is 0 Å². The van der Waals surface area contributed by atoms with Gasteiger partial charge in [0.1, 0.15) is 5.76 Å². The first-order valence-corrected chi connectivity index (χ1v) is 5.97. The van der Waals surface area contributed by atoms with E-state index in [1.807, 2.05) is 23.0 Å². The van der Waals surface area contributed by atoms with E-state index in [0.717, 1.165) is 18.0 Å². The first kappa shape index (κ1) is 11.3. The van der Waals surface area contributed by atoms with Crippen molar-refractivity contribution < 1.29 is 9.15 Å². The van der Waals surface area contributed by atoms with Gasteiger partial charge in [0.25, 0.3) is 0 Å². The van der Waals surface area contributed by atoms with Crippen LogP contribution in [0.4, 0.5) is 0 Å². The molecule has 1 unspecified atom stereocenters. The zero-order chi connectivity index (χ0) is 11.2. The van der Waals surface area contributed by atoms with Gasteiger partial charge in [-0.2, -0.15) is 0 Å². The molecule has 1 atom stereocenters. The van der Waals surface area contributed by atoms with Crippen LogP contribution in [0.1, 0.15) is 17.5 Å². The predicted octanol–water partition coefficient (Wildman–Crippen LogP) is 2.21. The van der Waals surface area contributed by atoms with Crippen molar-refractivity contribution in [3.05, 3.63) is 40.7 Å². The van der Waals surface area contributed by atoms with Gasteiger partial charge in [-0.25, -0.2) is 4.98 Å². The monoisotopic (exact) mass is 238 g/mol. The highest BCUT2D eigenvalue weighted by molar-refractivity contribution is 7.07. The minimum absolute atomic E-state index is 0.0710. The Balaban J connectivity index is 1.93. The number of furan rings is 1. The van der Waals surface area contributed by atoms with E-state index in [-0.39, 0.29) is 6.04 Å². The molecule has 5 heteroatoms. The van der Waals surface area contributed by atoms with Crippen molar-refractivity contribution >= 4 is 11.3 Å². The van der Waals surface area contributed by atoms with E-state index in [4.69, 9.17) is 9.15 Å². The summed E-state index contributed by atoms with van der Waals surface area (Å²) in [4.78, 5) is 4.21. The number of rotatable bonds is 6. The van der Waals surface area contributed by atoms with Crippen molar-refractivity contribution in [2.75, 3.05) is 13.7 Å². The summed E-state index contributed by atoms with van der Waals surface area (Å²) in [6.45, 7) is 1.30. The molecule has 0 bridgehead atoms. The second-order valence-electron chi connectivity index (χ2n) is 3.38. The van der Waals surface area contributed by atoms with Crippen LogP contribution in [0.2, 0.25) is 0 Å². The van der Waals surface area contributed by atoms with Gasteiger partial charge in [0.05, 0.1) is 30.1 Å². The van der Waals surface area contributed by atoms with Gasteiger partial charge in [-0.1, -0.05) is 0 Å². The third-order valence-corrected chi connectivity index (χ3v) is 2.87. The SMILES string of the molecule is COCC(NCc1cscn1)c1ccco1. The molecule has 2 aromatic heterocycles. The van der Waals surface area contributed by atoms with Gasteiger partial charge in [-0.05, 0) is 12.1 Å². The Morgan fingerprint density at radius 3 is 3.19 bits per heavy atom. The molecule has 0 saturated heterocycles.